The molecule has 0 aliphatic carbocycles. The fraction of sp³-hybridized carbons (Fsp3) is 0.471. The largest absolute Gasteiger partial charge is 0.466 e. The molecule has 0 aliphatic rings. The average Bonchev–Trinajstić information content (AvgIpc) is 2.45. The van der Waals surface area contributed by atoms with Crippen LogP contribution in [0, 0.1) is 0 Å². The number of ether oxygens (including phenoxy) is 2. The maximum Gasteiger partial charge on any atom is 0.333 e. The van der Waals surface area contributed by atoms with Crippen molar-refractivity contribution in [3.05, 3.63) is 42.2 Å². The van der Waals surface area contributed by atoms with Crippen molar-refractivity contribution in [1.29, 1.82) is 0 Å². The van der Waals surface area contributed by atoms with Crippen LogP contribution in [0.15, 0.2) is 36.6 Å². The van der Waals surface area contributed by atoms with Crippen molar-refractivity contribution in [3.8, 4) is 5.75 Å². The molecule has 0 aliphatic heterocycles. The summed E-state index contributed by atoms with van der Waals surface area (Å²) in [7, 11) is -0.410. The van der Waals surface area contributed by atoms with E-state index in [4.69, 9.17) is 9.16 Å². The van der Waals surface area contributed by atoms with E-state index in [-0.39, 0.29) is 5.04 Å². The van der Waals surface area contributed by atoms with Crippen molar-refractivity contribution >= 4 is 14.3 Å². The molecule has 0 fully saturated rings. The van der Waals surface area contributed by atoms with Crippen LogP contribution < -0.4 is 4.74 Å². The Morgan fingerprint density at radius 2 is 1.77 bits per heavy atom. The van der Waals surface area contributed by atoms with Crippen molar-refractivity contribution < 1.29 is 18.7 Å². The number of hydrogen-bond donors (Lipinski definition) is 0. The second-order valence-electron chi connectivity index (χ2n) is 6.64. The van der Waals surface area contributed by atoms with Crippen LogP contribution in [-0.2, 0) is 20.6 Å². The smallest absolute Gasteiger partial charge is 0.333 e. The predicted molar refractivity (Wildman–Crippen MR) is 90.2 cm³/mol. The van der Waals surface area contributed by atoms with Gasteiger partial charge in [0.15, 0.2) is 8.32 Å². The summed E-state index contributed by atoms with van der Waals surface area (Å²) in [4.78, 5) is 10.9. The fourth-order valence-corrected chi connectivity index (χ4v) is 2.34. The van der Waals surface area contributed by atoms with Gasteiger partial charge in [0.25, 0.3) is 0 Å². The molecule has 0 saturated heterocycles. The number of rotatable bonds is 6. The zero-order valence-electron chi connectivity index (χ0n) is 14.3. The first-order chi connectivity index (χ1) is 10.2. The number of esters is 1. The van der Waals surface area contributed by atoms with Crippen LogP contribution in [0.25, 0.3) is 0 Å². The molecule has 5 heteroatoms. The molecule has 0 heterocycles. The first kappa shape index (κ1) is 18.5. The van der Waals surface area contributed by atoms with Crippen LogP contribution in [0.5, 0.6) is 5.75 Å². The minimum absolute atomic E-state index is 0.203. The van der Waals surface area contributed by atoms with E-state index in [1.165, 1.54) is 19.4 Å². The molecule has 0 saturated carbocycles. The molecule has 1 aromatic carbocycles. The van der Waals surface area contributed by atoms with E-state index in [2.05, 4.69) is 38.6 Å². The maximum absolute atomic E-state index is 10.9. The molecular formula is C17H26O4Si. The quantitative estimate of drug-likeness (QED) is 0.339. The lowest BCUT2D eigenvalue weighted by molar-refractivity contribution is -0.134. The molecule has 0 radical (unpaired) electrons. The highest BCUT2D eigenvalue weighted by atomic mass is 28.4. The maximum atomic E-state index is 10.9. The van der Waals surface area contributed by atoms with E-state index in [0.717, 1.165) is 5.56 Å². The van der Waals surface area contributed by atoms with Crippen molar-refractivity contribution in [2.75, 3.05) is 7.11 Å². The molecular weight excluding hydrogens is 296 g/mol. The summed E-state index contributed by atoms with van der Waals surface area (Å²) in [6.07, 6.45) is 2.54. The van der Waals surface area contributed by atoms with E-state index in [1.54, 1.807) is 0 Å². The molecule has 0 bridgehead atoms. The first-order valence-corrected chi connectivity index (χ1v) is 10.2. The van der Waals surface area contributed by atoms with E-state index >= 15 is 0 Å². The highest BCUT2D eigenvalue weighted by molar-refractivity contribution is 6.74. The SMILES string of the molecule is COC(=O)C=COc1ccc(CO[Si](C)(C)C(C)(C)C)cc1. The first-order valence-electron chi connectivity index (χ1n) is 7.30. The monoisotopic (exact) mass is 322 g/mol. The Morgan fingerprint density at radius 1 is 1.18 bits per heavy atom. The number of carbonyl (C=O) groups excluding carboxylic acids is 1. The lowest BCUT2D eigenvalue weighted by atomic mass is 10.2. The lowest BCUT2D eigenvalue weighted by Crippen LogP contribution is -2.40. The van der Waals surface area contributed by atoms with Crippen molar-refractivity contribution in [2.45, 2.75) is 45.5 Å². The van der Waals surface area contributed by atoms with Gasteiger partial charge in [0, 0.05) is 0 Å². The van der Waals surface area contributed by atoms with Gasteiger partial charge in [-0.3, -0.25) is 0 Å². The summed E-state index contributed by atoms with van der Waals surface area (Å²) < 4.78 is 16.0. The zero-order chi connectivity index (χ0) is 16.8. The molecule has 0 unspecified atom stereocenters. The predicted octanol–water partition coefficient (Wildman–Crippen LogP) is 4.27. The highest BCUT2D eigenvalue weighted by Crippen LogP contribution is 2.37. The summed E-state index contributed by atoms with van der Waals surface area (Å²) in [6.45, 7) is 11.8. The Hall–Kier alpha value is -1.59. The Balaban J connectivity index is 2.55. The average molecular weight is 322 g/mol. The Morgan fingerprint density at radius 3 is 2.27 bits per heavy atom. The summed E-state index contributed by atoms with van der Waals surface area (Å²) >= 11 is 0. The Bertz CT molecular complexity index is 512. The van der Waals surface area contributed by atoms with Gasteiger partial charge in [-0.05, 0) is 35.8 Å². The van der Waals surface area contributed by atoms with Gasteiger partial charge in [0.2, 0.25) is 0 Å². The van der Waals surface area contributed by atoms with E-state index in [1.807, 2.05) is 24.3 Å². The molecule has 122 valence electrons. The minimum Gasteiger partial charge on any atom is -0.466 e. The van der Waals surface area contributed by atoms with Crippen LogP contribution in [0.2, 0.25) is 18.1 Å². The van der Waals surface area contributed by atoms with Crippen LogP contribution in [0.1, 0.15) is 26.3 Å². The van der Waals surface area contributed by atoms with Gasteiger partial charge in [-0.1, -0.05) is 32.9 Å². The number of hydrogen-bond acceptors (Lipinski definition) is 4. The van der Waals surface area contributed by atoms with Gasteiger partial charge in [0.1, 0.15) is 5.75 Å². The van der Waals surface area contributed by atoms with Gasteiger partial charge in [-0.2, -0.15) is 0 Å². The number of methoxy groups -OCH3 is 1. The second-order valence-corrected chi connectivity index (χ2v) is 11.4. The van der Waals surface area contributed by atoms with Gasteiger partial charge in [-0.15, -0.1) is 0 Å². The third-order valence-corrected chi connectivity index (χ3v) is 8.42. The third kappa shape index (κ3) is 5.65. The van der Waals surface area contributed by atoms with E-state index in [0.29, 0.717) is 12.4 Å². The topological polar surface area (TPSA) is 44.8 Å². The summed E-state index contributed by atoms with van der Waals surface area (Å²) in [5, 5.41) is 0.203. The van der Waals surface area contributed by atoms with Crippen molar-refractivity contribution in [3.63, 3.8) is 0 Å². The van der Waals surface area contributed by atoms with Gasteiger partial charge in [0.05, 0.1) is 26.1 Å². The van der Waals surface area contributed by atoms with Crippen LogP contribution in [0.4, 0.5) is 0 Å². The molecule has 0 aromatic heterocycles. The molecule has 4 nitrogen and oxygen atoms in total. The Kier molecular flexibility index (Phi) is 6.38. The number of benzene rings is 1. The highest BCUT2D eigenvalue weighted by Gasteiger charge is 2.36. The number of carbonyl (C=O) groups is 1. The van der Waals surface area contributed by atoms with Crippen molar-refractivity contribution in [2.24, 2.45) is 0 Å². The minimum atomic E-state index is -1.73. The zero-order valence-corrected chi connectivity index (χ0v) is 15.3. The molecule has 0 atom stereocenters. The summed E-state index contributed by atoms with van der Waals surface area (Å²) in [6, 6.07) is 7.64. The van der Waals surface area contributed by atoms with Gasteiger partial charge in [-0.25, -0.2) is 4.79 Å². The molecule has 22 heavy (non-hydrogen) atoms. The molecule has 0 amide bonds. The van der Waals surface area contributed by atoms with E-state index in [9.17, 15) is 4.79 Å². The third-order valence-electron chi connectivity index (χ3n) is 3.94. The standard InChI is InChI=1S/C17H26O4Si/c1-17(2,3)22(5,6)21-13-14-7-9-15(10-8-14)20-12-11-16(18)19-4/h7-12H,13H2,1-6H3. The van der Waals surface area contributed by atoms with E-state index < -0.39 is 14.3 Å². The molecule has 1 rings (SSSR count). The van der Waals surface area contributed by atoms with Gasteiger partial charge < -0.3 is 13.9 Å². The summed E-state index contributed by atoms with van der Waals surface area (Å²) in [5.74, 6) is 0.218. The molecule has 0 spiro atoms. The van der Waals surface area contributed by atoms with Crippen LogP contribution in [-0.4, -0.2) is 21.4 Å². The summed E-state index contributed by atoms with van der Waals surface area (Å²) in [5.41, 5.74) is 1.11. The Labute approximate surface area is 134 Å². The van der Waals surface area contributed by atoms with Crippen LogP contribution in [0.3, 0.4) is 0 Å². The van der Waals surface area contributed by atoms with Gasteiger partial charge >= 0.3 is 5.97 Å². The van der Waals surface area contributed by atoms with Crippen molar-refractivity contribution in [1.82, 2.24) is 0 Å². The molecule has 1 aromatic rings. The fourth-order valence-electron chi connectivity index (χ4n) is 1.38. The second kappa shape index (κ2) is 7.60. The van der Waals surface area contributed by atoms with Crippen LogP contribution >= 0.6 is 0 Å². The normalized spacial score (nSPS) is 12.5. The lowest BCUT2D eigenvalue weighted by Gasteiger charge is -2.36. The molecule has 0 N–H and O–H groups in total.